The largest absolute Gasteiger partial charge is 0.371 e. The van der Waals surface area contributed by atoms with Crippen LogP contribution in [0.25, 0.3) is 16.6 Å². The fourth-order valence-electron chi connectivity index (χ4n) is 4.64. The molecule has 0 bridgehead atoms. The van der Waals surface area contributed by atoms with E-state index in [0.29, 0.717) is 46.4 Å². The van der Waals surface area contributed by atoms with Crippen molar-refractivity contribution in [2.24, 2.45) is 5.92 Å². The average molecular weight is 479 g/mol. The highest BCUT2D eigenvalue weighted by Crippen LogP contribution is 2.22. The number of piperidine rings is 1. The van der Waals surface area contributed by atoms with E-state index in [9.17, 15) is 9.59 Å². The average Bonchev–Trinajstić information content (AvgIpc) is 3.18. The Balaban J connectivity index is 1.58. The summed E-state index contributed by atoms with van der Waals surface area (Å²) in [6, 6.07) is 18.5. The summed E-state index contributed by atoms with van der Waals surface area (Å²) in [5.74, 6) is 0.321. The predicted molar refractivity (Wildman–Crippen MR) is 134 cm³/mol. The number of halogens is 1. The van der Waals surface area contributed by atoms with Crippen LogP contribution >= 0.6 is 11.6 Å². The Bertz CT molecular complexity index is 1400. The molecule has 2 aromatic carbocycles. The van der Waals surface area contributed by atoms with Gasteiger partial charge in [0.2, 0.25) is 0 Å². The van der Waals surface area contributed by atoms with E-state index in [1.807, 2.05) is 42.5 Å². The lowest BCUT2D eigenvalue weighted by Gasteiger charge is -2.25. The van der Waals surface area contributed by atoms with E-state index in [2.05, 4.69) is 10.4 Å². The maximum atomic E-state index is 13.6. The molecule has 8 heteroatoms. The molecule has 0 radical (unpaired) electrons. The Morgan fingerprint density at radius 2 is 1.82 bits per heavy atom. The number of para-hydroxylation sites is 1. The Kier molecular flexibility index (Phi) is 6.67. The van der Waals surface area contributed by atoms with Crippen LogP contribution in [-0.4, -0.2) is 27.4 Å². The van der Waals surface area contributed by atoms with Gasteiger partial charge in [0.05, 0.1) is 40.5 Å². The van der Waals surface area contributed by atoms with Crippen LogP contribution in [-0.2, 0) is 24.5 Å². The number of rotatable bonds is 7. The molecule has 3 heterocycles. The van der Waals surface area contributed by atoms with Crippen LogP contribution in [0.5, 0.6) is 0 Å². The Morgan fingerprint density at radius 1 is 1.03 bits per heavy atom. The van der Waals surface area contributed by atoms with Crippen LogP contribution in [0.3, 0.4) is 0 Å². The Hall–Kier alpha value is -3.13. The van der Waals surface area contributed by atoms with E-state index < -0.39 is 0 Å². The molecule has 4 aromatic rings. The molecule has 1 unspecified atom stereocenters. The SMILES string of the molecule is O=c1c2c(COCc3ccccc3)n(CC3CCCNC3)c(=O)cc2[nH]n1-c1ccccc1Cl. The van der Waals surface area contributed by atoms with Crippen molar-refractivity contribution in [3.63, 3.8) is 0 Å². The van der Waals surface area contributed by atoms with E-state index in [4.69, 9.17) is 16.3 Å². The van der Waals surface area contributed by atoms with Gasteiger partial charge in [-0.25, -0.2) is 4.68 Å². The molecule has 1 aliphatic heterocycles. The maximum absolute atomic E-state index is 13.6. The predicted octanol–water partition coefficient (Wildman–Crippen LogP) is 3.85. The van der Waals surface area contributed by atoms with Crippen molar-refractivity contribution in [3.8, 4) is 5.69 Å². The van der Waals surface area contributed by atoms with Gasteiger partial charge in [0, 0.05) is 12.6 Å². The van der Waals surface area contributed by atoms with E-state index in [1.54, 1.807) is 16.7 Å². The quantitative estimate of drug-likeness (QED) is 0.423. The van der Waals surface area contributed by atoms with Crippen molar-refractivity contribution in [2.75, 3.05) is 13.1 Å². The van der Waals surface area contributed by atoms with Crippen LogP contribution in [0.4, 0.5) is 0 Å². The summed E-state index contributed by atoms with van der Waals surface area (Å²) in [6.07, 6.45) is 2.11. The van der Waals surface area contributed by atoms with Crippen LogP contribution in [0.15, 0.2) is 70.3 Å². The summed E-state index contributed by atoms with van der Waals surface area (Å²) in [4.78, 5) is 26.8. The Morgan fingerprint density at radius 3 is 2.59 bits per heavy atom. The van der Waals surface area contributed by atoms with Crippen LogP contribution < -0.4 is 16.4 Å². The fourth-order valence-corrected chi connectivity index (χ4v) is 4.86. The van der Waals surface area contributed by atoms with Gasteiger partial charge < -0.3 is 14.6 Å². The van der Waals surface area contributed by atoms with Gasteiger partial charge in [-0.3, -0.25) is 14.7 Å². The summed E-state index contributed by atoms with van der Waals surface area (Å²) in [6.45, 7) is 2.93. The summed E-state index contributed by atoms with van der Waals surface area (Å²) in [7, 11) is 0. The van der Waals surface area contributed by atoms with Gasteiger partial charge in [-0.1, -0.05) is 54.1 Å². The minimum absolute atomic E-state index is 0.149. The molecule has 1 saturated heterocycles. The van der Waals surface area contributed by atoms with Gasteiger partial charge >= 0.3 is 0 Å². The number of benzene rings is 2. The molecule has 1 fully saturated rings. The first-order valence-electron chi connectivity index (χ1n) is 11.6. The third kappa shape index (κ3) is 4.59. The van der Waals surface area contributed by atoms with Crippen molar-refractivity contribution >= 4 is 22.5 Å². The maximum Gasteiger partial charge on any atom is 0.281 e. The van der Waals surface area contributed by atoms with Gasteiger partial charge in [0.25, 0.3) is 11.1 Å². The number of pyridine rings is 1. The molecule has 2 N–H and O–H groups in total. The number of aromatic amines is 1. The molecule has 5 rings (SSSR count). The highest BCUT2D eigenvalue weighted by molar-refractivity contribution is 6.32. The van der Waals surface area contributed by atoms with Gasteiger partial charge in [-0.2, -0.15) is 0 Å². The van der Waals surface area contributed by atoms with E-state index in [1.165, 1.54) is 10.7 Å². The number of nitrogens with zero attached hydrogens (tertiary/aromatic N) is 2. The highest BCUT2D eigenvalue weighted by Gasteiger charge is 2.22. The molecular formula is C26H27ClN4O3. The van der Waals surface area contributed by atoms with Crippen molar-refractivity contribution in [1.82, 2.24) is 19.7 Å². The lowest BCUT2D eigenvalue weighted by atomic mass is 9.99. The zero-order chi connectivity index (χ0) is 23.5. The molecule has 1 aliphatic rings. The summed E-state index contributed by atoms with van der Waals surface area (Å²) in [5.41, 5.74) is 2.24. The van der Waals surface area contributed by atoms with E-state index in [-0.39, 0.29) is 17.7 Å². The molecule has 1 atom stereocenters. The van der Waals surface area contributed by atoms with Crippen LogP contribution in [0.2, 0.25) is 5.02 Å². The molecule has 0 spiro atoms. The first kappa shape index (κ1) is 22.7. The molecule has 0 saturated carbocycles. The number of hydrogen-bond acceptors (Lipinski definition) is 4. The normalized spacial score (nSPS) is 16.2. The topological polar surface area (TPSA) is 81.1 Å². The first-order chi connectivity index (χ1) is 16.6. The molecule has 2 aromatic heterocycles. The number of hydrogen-bond donors (Lipinski definition) is 2. The van der Waals surface area contributed by atoms with Crippen LogP contribution in [0.1, 0.15) is 24.1 Å². The molecule has 0 aliphatic carbocycles. The number of aromatic nitrogens is 3. The second-order valence-electron chi connectivity index (χ2n) is 8.72. The van der Waals surface area contributed by atoms with Gasteiger partial charge in [-0.15, -0.1) is 0 Å². The van der Waals surface area contributed by atoms with Crippen molar-refractivity contribution in [1.29, 1.82) is 0 Å². The minimum Gasteiger partial charge on any atom is -0.371 e. The summed E-state index contributed by atoms with van der Waals surface area (Å²) < 4.78 is 9.15. The van der Waals surface area contributed by atoms with Gasteiger partial charge in [-0.05, 0) is 49.5 Å². The molecular weight excluding hydrogens is 452 g/mol. The summed E-state index contributed by atoms with van der Waals surface area (Å²) >= 11 is 6.36. The van der Waals surface area contributed by atoms with Crippen molar-refractivity contribution in [2.45, 2.75) is 32.6 Å². The van der Waals surface area contributed by atoms with Crippen LogP contribution in [0, 0.1) is 5.92 Å². The number of fused-ring (bicyclic) bond motifs is 1. The number of ether oxygens (including phenoxy) is 1. The zero-order valence-electron chi connectivity index (χ0n) is 18.8. The van der Waals surface area contributed by atoms with Gasteiger partial charge in [0.1, 0.15) is 0 Å². The third-order valence-electron chi connectivity index (χ3n) is 6.35. The monoisotopic (exact) mass is 478 g/mol. The van der Waals surface area contributed by atoms with Gasteiger partial charge in [0.15, 0.2) is 0 Å². The van der Waals surface area contributed by atoms with Crippen molar-refractivity contribution in [3.05, 3.63) is 97.7 Å². The zero-order valence-corrected chi connectivity index (χ0v) is 19.6. The van der Waals surface area contributed by atoms with E-state index in [0.717, 1.165) is 31.5 Å². The molecule has 7 nitrogen and oxygen atoms in total. The smallest absolute Gasteiger partial charge is 0.281 e. The number of nitrogens with one attached hydrogen (secondary N) is 2. The second-order valence-corrected chi connectivity index (χ2v) is 9.13. The fraction of sp³-hybridized carbons (Fsp3) is 0.308. The summed E-state index contributed by atoms with van der Waals surface area (Å²) in [5, 5.41) is 7.39. The van der Waals surface area contributed by atoms with E-state index >= 15 is 0 Å². The second kappa shape index (κ2) is 10.0. The lowest BCUT2D eigenvalue weighted by molar-refractivity contribution is 0.101. The molecule has 34 heavy (non-hydrogen) atoms. The third-order valence-corrected chi connectivity index (χ3v) is 6.67. The highest BCUT2D eigenvalue weighted by atomic mass is 35.5. The molecule has 0 amide bonds. The van der Waals surface area contributed by atoms with Crippen molar-refractivity contribution < 1.29 is 4.74 Å². The standard InChI is InChI=1S/C26H27ClN4O3/c27-20-10-4-5-11-22(20)31-26(33)25-21(29-31)13-24(32)30(15-19-9-6-12-28-14-19)23(25)17-34-16-18-7-2-1-3-8-18/h1-5,7-8,10-11,13,19,28-29H,6,9,12,14-17H2. The lowest BCUT2D eigenvalue weighted by Crippen LogP contribution is -2.36. The first-order valence-corrected chi connectivity index (χ1v) is 11.9. The minimum atomic E-state index is -0.253. The number of H-pyrrole nitrogens is 1. The Labute approximate surface area is 201 Å². The molecule has 176 valence electrons.